The third kappa shape index (κ3) is 3.20. The van der Waals surface area contributed by atoms with Crippen molar-refractivity contribution in [2.75, 3.05) is 6.54 Å². The van der Waals surface area contributed by atoms with Crippen molar-refractivity contribution in [3.63, 3.8) is 0 Å². The molecule has 0 saturated carbocycles. The van der Waals surface area contributed by atoms with E-state index in [2.05, 4.69) is 95.1 Å². The van der Waals surface area contributed by atoms with Gasteiger partial charge in [-0.3, -0.25) is 4.98 Å². The van der Waals surface area contributed by atoms with Crippen LogP contribution in [0.4, 0.5) is 0 Å². The second-order valence-electron chi connectivity index (χ2n) is 8.07. The van der Waals surface area contributed by atoms with Crippen molar-refractivity contribution in [3.05, 3.63) is 95.6 Å². The molecule has 0 bridgehead atoms. The Morgan fingerprint density at radius 2 is 1.77 bits per heavy atom. The summed E-state index contributed by atoms with van der Waals surface area (Å²) in [5.41, 5.74) is 5.98. The van der Waals surface area contributed by atoms with Crippen molar-refractivity contribution < 1.29 is 0 Å². The van der Waals surface area contributed by atoms with Crippen LogP contribution in [0.25, 0.3) is 16.5 Å². The molecule has 1 saturated heterocycles. The molecule has 2 aromatic heterocycles. The fraction of sp³-hybridized carbons (Fsp3) is 0.231. The van der Waals surface area contributed by atoms with Crippen LogP contribution < -0.4 is 5.32 Å². The van der Waals surface area contributed by atoms with Gasteiger partial charge in [0.2, 0.25) is 0 Å². The van der Waals surface area contributed by atoms with Crippen LogP contribution in [0.3, 0.4) is 0 Å². The third-order valence-electron chi connectivity index (χ3n) is 6.33. The lowest BCUT2D eigenvalue weighted by molar-refractivity contribution is 0.329. The Kier molecular flexibility index (Phi) is 4.98. The minimum absolute atomic E-state index is 0.0233. The number of nitrogens with zero attached hydrogens (tertiary/aromatic N) is 3. The first-order valence-electron chi connectivity index (χ1n) is 10.7. The van der Waals surface area contributed by atoms with E-state index in [-0.39, 0.29) is 12.1 Å². The minimum Gasteiger partial charge on any atom is -0.352 e. The van der Waals surface area contributed by atoms with E-state index in [0.29, 0.717) is 0 Å². The van der Waals surface area contributed by atoms with Crippen LogP contribution in [0, 0.1) is 13.8 Å². The average Bonchev–Trinajstić information content (AvgIpc) is 3.28. The number of thiocarbonyl (C=S) groups is 1. The number of nitrogens with one attached hydrogen (secondary N) is 1. The van der Waals surface area contributed by atoms with E-state index in [1.165, 1.54) is 33.4 Å². The van der Waals surface area contributed by atoms with Gasteiger partial charge >= 0.3 is 0 Å². The summed E-state index contributed by atoms with van der Waals surface area (Å²) in [7, 11) is 0. The largest absolute Gasteiger partial charge is 0.352 e. The second kappa shape index (κ2) is 7.82. The van der Waals surface area contributed by atoms with Gasteiger partial charge < -0.3 is 14.8 Å². The van der Waals surface area contributed by atoms with Crippen LogP contribution in [-0.2, 0) is 0 Å². The highest BCUT2D eigenvalue weighted by Crippen LogP contribution is 2.41. The Morgan fingerprint density at radius 3 is 2.55 bits per heavy atom. The van der Waals surface area contributed by atoms with Gasteiger partial charge in [0.25, 0.3) is 0 Å². The number of pyridine rings is 1. The number of hydrogen-bond donors (Lipinski definition) is 1. The Balaban J connectivity index is 1.68. The Labute approximate surface area is 188 Å². The van der Waals surface area contributed by atoms with E-state index in [4.69, 9.17) is 12.2 Å². The molecular formula is C26H26N4S. The summed E-state index contributed by atoms with van der Waals surface area (Å²) in [6.07, 6.45) is 1.85. The first kappa shape index (κ1) is 19.8. The van der Waals surface area contributed by atoms with Crippen LogP contribution in [0.1, 0.15) is 41.7 Å². The van der Waals surface area contributed by atoms with Crippen molar-refractivity contribution >= 4 is 28.1 Å². The molecule has 0 radical (unpaired) electrons. The number of aromatic nitrogens is 2. The molecule has 0 unspecified atom stereocenters. The lowest BCUT2D eigenvalue weighted by Gasteiger charge is -2.27. The van der Waals surface area contributed by atoms with Gasteiger partial charge in [0.15, 0.2) is 5.11 Å². The highest BCUT2D eigenvalue weighted by atomic mass is 32.1. The molecule has 5 heteroatoms. The fourth-order valence-electron chi connectivity index (χ4n) is 4.95. The number of aryl methyl sites for hydroxylation is 1. The van der Waals surface area contributed by atoms with Gasteiger partial charge in [0, 0.05) is 29.5 Å². The smallest absolute Gasteiger partial charge is 0.170 e. The number of rotatable bonds is 4. The zero-order chi connectivity index (χ0) is 21.5. The van der Waals surface area contributed by atoms with Gasteiger partial charge in [-0.15, -0.1) is 0 Å². The first-order valence-corrected chi connectivity index (χ1v) is 11.2. The summed E-state index contributed by atoms with van der Waals surface area (Å²) >= 11 is 5.71. The average molecular weight is 427 g/mol. The fourth-order valence-corrected chi connectivity index (χ4v) is 5.32. The number of likely N-dealkylation sites (N-methyl/N-ethyl adjacent to an activating group) is 1. The van der Waals surface area contributed by atoms with Gasteiger partial charge in [-0.25, -0.2) is 0 Å². The van der Waals surface area contributed by atoms with E-state index < -0.39 is 0 Å². The van der Waals surface area contributed by atoms with Crippen LogP contribution in [0.2, 0.25) is 0 Å². The third-order valence-corrected chi connectivity index (χ3v) is 6.69. The summed E-state index contributed by atoms with van der Waals surface area (Å²) in [4.78, 5) is 6.92. The molecule has 1 N–H and O–H groups in total. The second-order valence-corrected chi connectivity index (χ2v) is 8.46. The zero-order valence-corrected chi connectivity index (χ0v) is 18.9. The first-order chi connectivity index (χ1) is 15.1. The minimum atomic E-state index is 0.0233. The molecular weight excluding hydrogens is 400 g/mol. The lowest BCUT2D eigenvalue weighted by Crippen LogP contribution is -2.29. The topological polar surface area (TPSA) is 33.1 Å². The van der Waals surface area contributed by atoms with Crippen molar-refractivity contribution in [3.8, 4) is 5.69 Å². The molecule has 3 heterocycles. The van der Waals surface area contributed by atoms with Gasteiger partial charge in [-0.2, -0.15) is 0 Å². The highest BCUT2D eigenvalue weighted by Gasteiger charge is 2.40. The number of hydrogen-bond acceptors (Lipinski definition) is 2. The predicted molar refractivity (Wildman–Crippen MR) is 131 cm³/mol. The van der Waals surface area contributed by atoms with Crippen LogP contribution in [0.5, 0.6) is 0 Å². The van der Waals surface area contributed by atoms with Crippen LogP contribution in [-0.4, -0.2) is 26.1 Å². The Morgan fingerprint density at radius 1 is 1.00 bits per heavy atom. The monoisotopic (exact) mass is 426 g/mol. The summed E-state index contributed by atoms with van der Waals surface area (Å²) in [5.74, 6) is 0. The van der Waals surface area contributed by atoms with E-state index >= 15 is 0 Å². The van der Waals surface area contributed by atoms with Crippen LogP contribution in [0.15, 0.2) is 72.9 Å². The molecule has 4 nitrogen and oxygen atoms in total. The molecule has 156 valence electrons. The van der Waals surface area contributed by atoms with E-state index in [1.54, 1.807) is 0 Å². The molecule has 5 rings (SSSR count). The Bertz CT molecular complexity index is 1260. The molecule has 0 amide bonds. The molecule has 2 aromatic carbocycles. The molecule has 0 spiro atoms. The predicted octanol–water partition coefficient (Wildman–Crippen LogP) is 5.63. The maximum atomic E-state index is 5.71. The maximum absolute atomic E-state index is 5.71. The standard InChI is InChI=1S/C26H26N4S/c1-4-29-25(24(28-26(29)31)22-13-7-8-15-27-22)21-16-17(2)30(18(21)3)23-14-9-11-19-10-5-6-12-20(19)23/h5-16,24-25H,4H2,1-3H3,(H,28,31)/t24-,25+/m0/s1. The molecule has 1 aliphatic heterocycles. The molecule has 2 atom stereocenters. The normalized spacial score (nSPS) is 18.5. The van der Waals surface area contributed by atoms with E-state index in [9.17, 15) is 0 Å². The van der Waals surface area contributed by atoms with Gasteiger partial charge in [0.05, 0.1) is 23.5 Å². The van der Waals surface area contributed by atoms with Crippen molar-refractivity contribution in [2.45, 2.75) is 32.9 Å². The van der Waals surface area contributed by atoms with Crippen LogP contribution >= 0.6 is 12.2 Å². The zero-order valence-electron chi connectivity index (χ0n) is 18.0. The SMILES string of the molecule is CCN1C(=S)N[C@@H](c2ccccn2)[C@H]1c1cc(C)n(-c2cccc3ccccc23)c1C. The van der Waals surface area contributed by atoms with Crippen molar-refractivity contribution in [1.29, 1.82) is 0 Å². The van der Waals surface area contributed by atoms with E-state index in [1.807, 2.05) is 18.3 Å². The highest BCUT2D eigenvalue weighted by molar-refractivity contribution is 7.80. The Hall–Kier alpha value is -3.18. The molecule has 1 fully saturated rings. The summed E-state index contributed by atoms with van der Waals surface area (Å²) in [6, 6.07) is 23.6. The molecule has 0 aliphatic carbocycles. The molecule has 31 heavy (non-hydrogen) atoms. The van der Waals surface area contributed by atoms with Gasteiger partial charge in [-0.05, 0) is 68.2 Å². The van der Waals surface area contributed by atoms with Gasteiger partial charge in [-0.1, -0.05) is 42.5 Å². The van der Waals surface area contributed by atoms with Crippen molar-refractivity contribution in [1.82, 2.24) is 19.8 Å². The summed E-state index contributed by atoms with van der Waals surface area (Å²) in [6.45, 7) is 7.41. The van der Waals surface area contributed by atoms with Gasteiger partial charge in [0.1, 0.15) is 0 Å². The number of benzene rings is 2. The number of fused-ring (bicyclic) bond motifs is 1. The maximum Gasteiger partial charge on any atom is 0.170 e. The lowest BCUT2D eigenvalue weighted by atomic mass is 9.97. The summed E-state index contributed by atoms with van der Waals surface area (Å²) < 4.78 is 2.38. The van der Waals surface area contributed by atoms with E-state index in [0.717, 1.165) is 17.4 Å². The van der Waals surface area contributed by atoms with Crippen molar-refractivity contribution in [2.24, 2.45) is 0 Å². The molecule has 1 aliphatic rings. The summed E-state index contributed by atoms with van der Waals surface area (Å²) in [5, 5.41) is 6.83. The quantitative estimate of drug-likeness (QED) is 0.429. The molecule has 4 aromatic rings.